The van der Waals surface area contributed by atoms with Crippen LogP contribution in [0.5, 0.6) is 11.5 Å². The number of phenols is 2. The second-order valence-corrected chi connectivity index (χ2v) is 7.35. The van der Waals surface area contributed by atoms with Crippen molar-refractivity contribution in [3.8, 4) is 11.5 Å². The van der Waals surface area contributed by atoms with E-state index in [-0.39, 0.29) is 17.1 Å². The number of aliphatic imine (C=N–C) groups is 1. The van der Waals surface area contributed by atoms with Crippen molar-refractivity contribution in [1.29, 1.82) is 0 Å². The van der Waals surface area contributed by atoms with Gasteiger partial charge < -0.3 is 15.2 Å². The van der Waals surface area contributed by atoms with Gasteiger partial charge in [0, 0.05) is 44.2 Å². The number of nitrogens with zero attached hydrogens (tertiary/aromatic N) is 3. The zero-order chi connectivity index (χ0) is 19.0. The van der Waals surface area contributed by atoms with Crippen molar-refractivity contribution in [3.63, 3.8) is 0 Å². The molecule has 0 saturated heterocycles. The van der Waals surface area contributed by atoms with Crippen LogP contribution in [0.25, 0.3) is 0 Å². The molecule has 0 fully saturated rings. The van der Waals surface area contributed by atoms with Crippen LogP contribution in [0.15, 0.2) is 21.9 Å². The Balaban J connectivity index is 1.57. The highest BCUT2D eigenvalue weighted by molar-refractivity contribution is 5.97. The van der Waals surface area contributed by atoms with Crippen molar-refractivity contribution in [2.75, 3.05) is 13.1 Å². The molecule has 0 unspecified atom stereocenters. The molecular formula is C20H24N4O3. The molecule has 0 saturated carbocycles. The second-order valence-electron chi connectivity index (χ2n) is 7.35. The van der Waals surface area contributed by atoms with Crippen LogP contribution in [0.2, 0.25) is 0 Å². The average Bonchev–Trinajstić information content (AvgIpc) is 2.65. The van der Waals surface area contributed by atoms with Gasteiger partial charge in [0.05, 0.1) is 17.0 Å². The molecule has 2 aliphatic rings. The van der Waals surface area contributed by atoms with Crippen LogP contribution < -0.4 is 5.56 Å². The fourth-order valence-corrected chi connectivity index (χ4v) is 3.85. The topological polar surface area (TPSA) is 102 Å². The highest BCUT2D eigenvalue weighted by Gasteiger charge is 2.24. The lowest BCUT2D eigenvalue weighted by Gasteiger charge is -2.28. The molecular weight excluding hydrogens is 344 g/mol. The van der Waals surface area contributed by atoms with Gasteiger partial charge in [0.15, 0.2) is 5.82 Å². The van der Waals surface area contributed by atoms with Crippen molar-refractivity contribution in [1.82, 2.24) is 14.9 Å². The van der Waals surface area contributed by atoms with Gasteiger partial charge in [-0.25, -0.2) is 4.98 Å². The lowest BCUT2D eigenvalue weighted by Crippen LogP contribution is -2.36. The van der Waals surface area contributed by atoms with E-state index in [2.05, 4.69) is 14.9 Å². The first-order valence-corrected chi connectivity index (χ1v) is 9.41. The molecule has 2 aromatic rings. The van der Waals surface area contributed by atoms with E-state index in [0.29, 0.717) is 30.9 Å². The van der Waals surface area contributed by atoms with Crippen LogP contribution in [0.3, 0.4) is 0 Å². The second kappa shape index (κ2) is 7.15. The molecule has 0 bridgehead atoms. The fraction of sp³-hybridized carbons (Fsp3) is 0.450. The Kier molecular flexibility index (Phi) is 4.70. The molecule has 0 radical (unpaired) electrons. The Bertz CT molecular complexity index is 941. The first-order chi connectivity index (χ1) is 13.0. The number of benzene rings is 1. The number of nitrogens with one attached hydrogen (secondary N) is 1. The quantitative estimate of drug-likeness (QED) is 0.769. The number of phenolic OH excluding ortho intramolecular Hbond substituents is 2. The van der Waals surface area contributed by atoms with Crippen molar-refractivity contribution in [2.45, 2.75) is 45.7 Å². The number of rotatable bonds is 3. The van der Waals surface area contributed by atoms with E-state index < -0.39 is 0 Å². The van der Waals surface area contributed by atoms with Crippen molar-refractivity contribution in [2.24, 2.45) is 4.99 Å². The third-order valence-electron chi connectivity index (χ3n) is 5.36. The summed E-state index contributed by atoms with van der Waals surface area (Å²) < 4.78 is 0. The summed E-state index contributed by atoms with van der Waals surface area (Å²) >= 11 is 0. The third kappa shape index (κ3) is 3.60. The normalized spacial score (nSPS) is 17.4. The maximum atomic E-state index is 12.6. The Labute approximate surface area is 157 Å². The van der Waals surface area contributed by atoms with Gasteiger partial charge >= 0.3 is 0 Å². The minimum Gasteiger partial charge on any atom is -0.508 e. The molecule has 4 rings (SSSR count). The molecule has 7 heteroatoms. The number of fused-ring (bicyclic) bond motifs is 1. The van der Waals surface area contributed by atoms with E-state index >= 15 is 0 Å². The molecule has 0 spiro atoms. The number of hydrogen-bond acceptors (Lipinski definition) is 6. The van der Waals surface area contributed by atoms with Crippen LogP contribution in [-0.4, -0.2) is 43.9 Å². The molecule has 7 nitrogen and oxygen atoms in total. The highest BCUT2D eigenvalue weighted by Crippen LogP contribution is 2.29. The molecule has 0 atom stereocenters. The van der Waals surface area contributed by atoms with Crippen LogP contribution in [0.1, 0.15) is 47.5 Å². The smallest absolute Gasteiger partial charge is 0.255 e. The predicted octanol–water partition coefficient (Wildman–Crippen LogP) is 2.02. The van der Waals surface area contributed by atoms with E-state index in [1.165, 1.54) is 6.07 Å². The van der Waals surface area contributed by atoms with Gasteiger partial charge in [-0.3, -0.25) is 14.7 Å². The molecule has 0 aliphatic carbocycles. The van der Waals surface area contributed by atoms with Crippen LogP contribution >= 0.6 is 0 Å². The largest absolute Gasteiger partial charge is 0.508 e. The van der Waals surface area contributed by atoms with E-state index in [0.717, 1.165) is 54.9 Å². The number of aryl methyl sites for hydroxylation is 1. The lowest BCUT2D eigenvalue weighted by molar-refractivity contribution is 0.238. The van der Waals surface area contributed by atoms with Gasteiger partial charge in [0.2, 0.25) is 0 Å². The first kappa shape index (κ1) is 17.7. The minimum absolute atomic E-state index is 0.0524. The summed E-state index contributed by atoms with van der Waals surface area (Å²) in [6.07, 6.45) is 3.74. The third-order valence-corrected chi connectivity index (χ3v) is 5.36. The maximum Gasteiger partial charge on any atom is 0.255 e. The summed E-state index contributed by atoms with van der Waals surface area (Å²) in [7, 11) is 0. The Morgan fingerprint density at radius 2 is 2.07 bits per heavy atom. The number of aromatic nitrogens is 2. The molecule has 3 heterocycles. The summed E-state index contributed by atoms with van der Waals surface area (Å²) in [6, 6.07) is 2.99. The van der Waals surface area contributed by atoms with Crippen molar-refractivity contribution in [3.05, 3.63) is 50.7 Å². The molecule has 3 N–H and O–H groups in total. The molecule has 1 aromatic carbocycles. The Morgan fingerprint density at radius 1 is 1.22 bits per heavy atom. The number of aromatic hydroxyl groups is 2. The van der Waals surface area contributed by atoms with E-state index in [9.17, 15) is 15.0 Å². The van der Waals surface area contributed by atoms with Gasteiger partial charge in [-0.05, 0) is 37.8 Å². The molecule has 0 amide bonds. The Hall–Kier alpha value is -2.67. The van der Waals surface area contributed by atoms with E-state index in [1.807, 2.05) is 6.92 Å². The highest BCUT2D eigenvalue weighted by atomic mass is 16.3. The molecule has 142 valence electrons. The van der Waals surface area contributed by atoms with Crippen LogP contribution in [0.4, 0.5) is 0 Å². The lowest BCUT2D eigenvalue weighted by atomic mass is 10.0. The van der Waals surface area contributed by atoms with Gasteiger partial charge in [-0.1, -0.05) is 0 Å². The predicted molar refractivity (Wildman–Crippen MR) is 102 cm³/mol. The standard InChI is InChI=1S/C20H24N4O3/c1-12-8-13(25)9-18(26)14(12)10-24-7-5-16-15(11-24)20(27)23-19(22-16)17-4-2-3-6-21-17/h8-9,25-26H,2-7,10-11H2,1H3,(H,22,23,27). The fourth-order valence-electron chi connectivity index (χ4n) is 3.85. The van der Waals surface area contributed by atoms with Gasteiger partial charge in [-0.2, -0.15) is 0 Å². The van der Waals surface area contributed by atoms with Gasteiger partial charge in [-0.15, -0.1) is 0 Å². The first-order valence-electron chi connectivity index (χ1n) is 9.41. The van der Waals surface area contributed by atoms with E-state index in [1.54, 1.807) is 6.07 Å². The SMILES string of the molecule is Cc1cc(O)cc(O)c1CN1CCc2nc(C3=NCCCC3)[nH]c(=O)c2C1. The molecule has 1 aromatic heterocycles. The number of aromatic amines is 1. The maximum absolute atomic E-state index is 12.6. The zero-order valence-corrected chi connectivity index (χ0v) is 15.5. The zero-order valence-electron chi connectivity index (χ0n) is 15.5. The number of hydrogen-bond donors (Lipinski definition) is 3. The van der Waals surface area contributed by atoms with Crippen molar-refractivity contribution >= 4 is 5.71 Å². The van der Waals surface area contributed by atoms with Crippen LogP contribution in [0, 0.1) is 6.92 Å². The minimum atomic E-state index is -0.0976. The monoisotopic (exact) mass is 368 g/mol. The Morgan fingerprint density at radius 3 is 2.81 bits per heavy atom. The van der Waals surface area contributed by atoms with Gasteiger partial charge in [0.25, 0.3) is 5.56 Å². The summed E-state index contributed by atoms with van der Waals surface area (Å²) in [6.45, 7) is 4.43. The van der Waals surface area contributed by atoms with Crippen molar-refractivity contribution < 1.29 is 10.2 Å². The summed E-state index contributed by atoms with van der Waals surface area (Å²) in [5, 5.41) is 19.7. The molecule has 27 heavy (non-hydrogen) atoms. The summed E-state index contributed by atoms with van der Waals surface area (Å²) in [5.41, 5.74) is 3.96. The summed E-state index contributed by atoms with van der Waals surface area (Å²) in [5.74, 6) is 0.756. The number of H-pyrrole nitrogens is 1. The summed E-state index contributed by atoms with van der Waals surface area (Å²) in [4.78, 5) is 26.9. The van der Waals surface area contributed by atoms with Gasteiger partial charge in [0.1, 0.15) is 11.5 Å². The van der Waals surface area contributed by atoms with Crippen LogP contribution in [-0.2, 0) is 19.5 Å². The molecule has 2 aliphatic heterocycles. The van der Waals surface area contributed by atoms with E-state index in [4.69, 9.17) is 4.98 Å². The average molecular weight is 368 g/mol.